The molecule has 1 aromatic rings. The van der Waals surface area contributed by atoms with E-state index < -0.39 is 17.3 Å². The van der Waals surface area contributed by atoms with Crippen molar-refractivity contribution in [3.05, 3.63) is 34.1 Å². The minimum Gasteiger partial charge on any atom is -0.396 e. The molecule has 1 amide bonds. The van der Waals surface area contributed by atoms with Crippen molar-refractivity contribution >= 4 is 21.8 Å². The summed E-state index contributed by atoms with van der Waals surface area (Å²) in [7, 11) is 0. The van der Waals surface area contributed by atoms with E-state index in [1.54, 1.807) is 13.8 Å². The first-order chi connectivity index (χ1) is 7.85. The average Bonchev–Trinajstić information content (AvgIpc) is 2.20. The van der Waals surface area contributed by atoms with E-state index >= 15 is 0 Å². The van der Waals surface area contributed by atoms with Gasteiger partial charge in [-0.05, 0) is 38.5 Å². The maximum atomic E-state index is 13.5. The van der Waals surface area contributed by atoms with E-state index in [4.69, 9.17) is 5.11 Å². The third-order valence-corrected chi connectivity index (χ3v) is 2.86. The molecule has 94 valence electrons. The van der Waals surface area contributed by atoms with Gasteiger partial charge in [-0.25, -0.2) is 4.39 Å². The van der Waals surface area contributed by atoms with E-state index in [9.17, 15) is 9.18 Å². The monoisotopic (exact) mass is 303 g/mol. The van der Waals surface area contributed by atoms with Crippen LogP contribution in [0.3, 0.4) is 0 Å². The molecule has 0 aliphatic carbocycles. The quantitative estimate of drug-likeness (QED) is 0.898. The highest BCUT2D eigenvalue weighted by Gasteiger charge is 2.22. The van der Waals surface area contributed by atoms with Gasteiger partial charge in [0.2, 0.25) is 0 Å². The van der Waals surface area contributed by atoms with E-state index in [1.165, 1.54) is 18.2 Å². The topological polar surface area (TPSA) is 49.3 Å². The SMILES string of the molecule is CC(C)(CCO)NC(=O)c1cc(Br)ccc1F. The largest absolute Gasteiger partial charge is 0.396 e. The number of rotatable bonds is 4. The van der Waals surface area contributed by atoms with Crippen molar-refractivity contribution in [3.63, 3.8) is 0 Å². The van der Waals surface area contributed by atoms with Gasteiger partial charge in [0.15, 0.2) is 0 Å². The second-order valence-corrected chi connectivity index (χ2v) is 5.35. The third-order valence-electron chi connectivity index (χ3n) is 2.36. The first-order valence-corrected chi connectivity index (χ1v) is 6.03. The molecule has 0 unspecified atom stereocenters. The molecule has 0 aliphatic rings. The Kier molecular flexibility index (Phi) is 4.65. The molecule has 3 nitrogen and oxygen atoms in total. The van der Waals surface area contributed by atoms with Crippen LogP contribution in [0.1, 0.15) is 30.6 Å². The van der Waals surface area contributed by atoms with E-state index in [0.717, 1.165) is 0 Å². The summed E-state index contributed by atoms with van der Waals surface area (Å²) in [4.78, 5) is 11.9. The Labute approximate surface area is 108 Å². The number of aliphatic hydroxyl groups is 1. The molecule has 5 heteroatoms. The highest BCUT2D eigenvalue weighted by atomic mass is 79.9. The van der Waals surface area contributed by atoms with Gasteiger partial charge in [0.25, 0.3) is 5.91 Å². The lowest BCUT2D eigenvalue weighted by molar-refractivity contribution is 0.0895. The van der Waals surface area contributed by atoms with E-state index in [2.05, 4.69) is 21.2 Å². The number of benzene rings is 1. The Morgan fingerprint density at radius 2 is 2.18 bits per heavy atom. The highest BCUT2D eigenvalue weighted by molar-refractivity contribution is 9.10. The number of amides is 1. The summed E-state index contributed by atoms with van der Waals surface area (Å²) in [5.74, 6) is -1.05. The molecule has 0 bridgehead atoms. The van der Waals surface area contributed by atoms with Gasteiger partial charge in [-0.3, -0.25) is 4.79 Å². The Bertz CT molecular complexity index is 421. The zero-order chi connectivity index (χ0) is 13.1. The summed E-state index contributed by atoms with van der Waals surface area (Å²) in [6, 6.07) is 4.20. The molecular weight excluding hydrogens is 289 g/mol. The van der Waals surface area contributed by atoms with Crippen LogP contribution >= 0.6 is 15.9 Å². The van der Waals surface area contributed by atoms with Crippen LogP contribution in [0.2, 0.25) is 0 Å². The van der Waals surface area contributed by atoms with Crippen molar-refractivity contribution in [2.45, 2.75) is 25.8 Å². The zero-order valence-corrected chi connectivity index (χ0v) is 11.3. The van der Waals surface area contributed by atoms with Crippen molar-refractivity contribution in [3.8, 4) is 0 Å². The Hall–Kier alpha value is -0.940. The molecule has 0 aromatic heterocycles. The zero-order valence-electron chi connectivity index (χ0n) is 9.76. The molecular formula is C12H15BrFNO2. The number of hydrogen-bond acceptors (Lipinski definition) is 2. The molecule has 1 aromatic carbocycles. The first kappa shape index (κ1) is 14.1. The second-order valence-electron chi connectivity index (χ2n) is 4.44. The van der Waals surface area contributed by atoms with Crippen LogP contribution in [0.25, 0.3) is 0 Å². The summed E-state index contributed by atoms with van der Waals surface area (Å²) in [5.41, 5.74) is -0.578. The number of aliphatic hydroxyl groups excluding tert-OH is 1. The average molecular weight is 304 g/mol. The van der Waals surface area contributed by atoms with Crippen LogP contribution in [0.5, 0.6) is 0 Å². The Balaban J connectivity index is 2.86. The van der Waals surface area contributed by atoms with Gasteiger partial charge in [-0.1, -0.05) is 15.9 Å². The minimum absolute atomic E-state index is 0.00890. The summed E-state index contributed by atoms with van der Waals surface area (Å²) in [6.07, 6.45) is 0.411. The predicted molar refractivity (Wildman–Crippen MR) is 67.3 cm³/mol. The van der Waals surface area contributed by atoms with Crippen LogP contribution in [-0.2, 0) is 0 Å². The van der Waals surface area contributed by atoms with Gasteiger partial charge in [0, 0.05) is 16.6 Å². The fourth-order valence-corrected chi connectivity index (χ4v) is 1.75. The standard InChI is InChI=1S/C12H15BrFNO2/c1-12(2,5-6-16)15-11(17)9-7-8(13)3-4-10(9)14/h3-4,7,16H,5-6H2,1-2H3,(H,15,17). The maximum absolute atomic E-state index is 13.5. The lowest BCUT2D eigenvalue weighted by Crippen LogP contribution is -2.44. The van der Waals surface area contributed by atoms with Crippen LogP contribution in [0.4, 0.5) is 4.39 Å². The van der Waals surface area contributed by atoms with Crippen LogP contribution < -0.4 is 5.32 Å². The maximum Gasteiger partial charge on any atom is 0.254 e. The van der Waals surface area contributed by atoms with Crippen LogP contribution in [-0.4, -0.2) is 23.2 Å². The number of carbonyl (C=O) groups excluding carboxylic acids is 1. The fourth-order valence-electron chi connectivity index (χ4n) is 1.39. The second kappa shape index (κ2) is 5.60. The van der Waals surface area contributed by atoms with E-state index in [0.29, 0.717) is 10.9 Å². The molecule has 0 fully saturated rings. The minimum atomic E-state index is -0.569. The first-order valence-electron chi connectivity index (χ1n) is 5.24. The van der Waals surface area contributed by atoms with Gasteiger partial charge in [-0.15, -0.1) is 0 Å². The molecule has 1 rings (SSSR count). The van der Waals surface area contributed by atoms with Crippen molar-refractivity contribution in [2.75, 3.05) is 6.61 Å². The van der Waals surface area contributed by atoms with Gasteiger partial charge >= 0.3 is 0 Å². The number of hydrogen-bond donors (Lipinski definition) is 2. The number of nitrogens with one attached hydrogen (secondary N) is 1. The lowest BCUT2D eigenvalue weighted by Gasteiger charge is -2.25. The van der Waals surface area contributed by atoms with Crippen molar-refractivity contribution in [1.29, 1.82) is 0 Å². The van der Waals surface area contributed by atoms with Gasteiger partial charge in [0.1, 0.15) is 5.82 Å². The van der Waals surface area contributed by atoms with Gasteiger partial charge in [0.05, 0.1) is 5.56 Å². The van der Waals surface area contributed by atoms with Gasteiger partial charge < -0.3 is 10.4 Å². The lowest BCUT2D eigenvalue weighted by atomic mass is 10.0. The van der Waals surface area contributed by atoms with Gasteiger partial charge in [-0.2, -0.15) is 0 Å². The molecule has 0 aliphatic heterocycles. The summed E-state index contributed by atoms with van der Waals surface area (Å²) in [5, 5.41) is 11.5. The molecule has 0 radical (unpaired) electrons. The van der Waals surface area contributed by atoms with Crippen molar-refractivity contribution in [2.24, 2.45) is 0 Å². The Morgan fingerprint density at radius 3 is 2.76 bits per heavy atom. The van der Waals surface area contributed by atoms with Crippen LogP contribution in [0, 0.1) is 5.82 Å². The molecule has 0 atom stereocenters. The van der Waals surface area contributed by atoms with E-state index in [1.807, 2.05) is 0 Å². The summed E-state index contributed by atoms with van der Waals surface area (Å²) < 4.78 is 14.1. The molecule has 0 spiro atoms. The third kappa shape index (κ3) is 4.09. The molecule has 0 saturated carbocycles. The fraction of sp³-hybridized carbons (Fsp3) is 0.417. The number of halogens is 2. The molecule has 2 N–H and O–H groups in total. The number of carbonyl (C=O) groups is 1. The van der Waals surface area contributed by atoms with Crippen molar-refractivity contribution < 1.29 is 14.3 Å². The molecule has 0 heterocycles. The molecule has 17 heavy (non-hydrogen) atoms. The predicted octanol–water partition coefficient (Wildman–Crippen LogP) is 2.48. The highest BCUT2D eigenvalue weighted by Crippen LogP contribution is 2.17. The smallest absolute Gasteiger partial charge is 0.254 e. The van der Waals surface area contributed by atoms with E-state index in [-0.39, 0.29) is 12.2 Å². The van der Waals surface area contributed by atoms with Crippen LogP contribution in [0.15, 0.2) is 22.7 Å². The summed E-state index contributed by atoms with van der Waals surface area (Å²) >= 11 is 3.19. The Morgan fingerprint density at radius 1 is 1.53 bits per heavy atom. The molecule has 0 saturated heterocycles. The van der Waals surface area contributed by atoms with Crippen molar-refractivity contribution in [1.82, 2.24) is 5.32 Å². The summed E-state index contributed by atoms with van der Waals surface area (Å²) in [6.45, 7) is 3.52. The normalized spacial score (nSPS) is 11.4.